The topological polar surface area (TPSA) is 83.6 Å². The van der Waals surface area contributed by atoms with Gasteiger partial charge in [-0.1, -0.05) is 16.8 Å². The van der Waals surface area contributed by atoms with Crippen LogP contribution in [0.25, 0.3) is 11.3 Å². The Morgan fingerprint density at radius 3 is 2.74 bits per heavy atom. The van der Waals surface area contributed by atoms with Crippen LogP contribution in [0.4, 0.5) is 0 Å². The van der Waals surface area contributed by atoms with E-state index in [1.165, 1.54) is 4.90 Å². The number of carboxylic acid groups (broad SMARTS) is 1. The molecule has 1 aromatic heterocycles. The van der Waals surface area contributed by atoms with Crippen molar-refractivity contribution in [1.29, 1.82) is 0 Å². The minimum absolute atomic E-state index is 0.181. The average Bonchev–Trinajstić information content (AvgIpc) is 3.05. The third-order valence-electron chi connectivity index (χ3n) is 3.92. The number of likely N-dealkylation sites (tertiary alicyclic amines) is 1. The maximum Gasteiger partial charge on any atom is 0.308 e. The van der Waals surface area contributed by atoms with Crippen LogP contribution in [0.3, 0.4) is 0 Å². The van der Waals surface area contributed by atoms with Gasteiger partial charge in [-0.05, 0) is 37.1 Å². The molecular formula is C16H15ClN2O4. The van der Waals surface area contributed by atoms with Gasteiger partial charge in [0.05, 0.1) is 5.92 Å². The van der Waals surface area contributed by atoms with Crippen LogP contribution in [-0.4, -0.2) is 40.1 Å². The van der Waals surface area contributed by atoms with E-state index in [4.69, 9.17) is 21.2 Å². The summed E-state index contributed by atoms with van der Waals surface area (Å²) < 4.78 is 5.22. The first-order chi connectivity index (χ1) is 11.0. The Bertz CT molecular complexity index is 726. The van der Waals surface area contributed by atoms with Crippen LogP contribution in [0.2, 0.25) is 5.02 Å². The number of aromatic nitrogens is 1. The van der Waals surface area contributed by atoms with Gasteiger partial charge in [-0.15, -0.1) is 0 Å². The van der Waals surface area contributed by atoms with E-state index in [-0.39, 0.29) is 18.1 Å². The molecule has 1 aromatic carbocycles. The molecule has 1 saturated heterocycles. The first kappa shape index (κ1) is 15.6. The number of carboxylic acids is 1. The molecule has 0 bridgehead atoms. The van der Waals surface area contributed by atoms with Gasteiger partial charge in [-0.25, -0.2) is 0 Å². The highest BCUT2D eigenvalue weighted by molar-refractivity contribution is 6.30. The second-order valence-electron chi connectivity index (χ2n) is 5.51. The van der Waals surface area contributed by atoms with Crippen LogP contribution in [-0.2, 0) is 4.79 Å². The molecule has 1 aliphatic rings. The highest BCUT2D eigenvalue weighted by Gasteiger charge is 2.30. The number of piperidine rings is 1. The normalized spacial score (nSPS) is 18.0. The van der Waals surface area contributed by atoms with E-state index in [0.717, 1.165) is 5.56 Å². The van der Waals surface area contributed by atoms with Crippen LogP contribution < -0.4 is 0 Å². The fourth-order valence-electron chi connectivity index (χ4n) is 2.65. The first-order valence-electron chi connectivity index (χ1n) is 7.29. The number of carbonyl (C=O) groups excluding carboxylic acids is 1. The van der Waals surface area contributed by atoms with Gasteiger partial charge in [0.15, 0.2) is 11.5 Å². The number of hydrogen-bond donors (Lipinski definition) is 1. The number of aliphatic carboxylic acids is 1. The summed E-state index contributed by atoms with van der Waals surface area (Å²) in [6, 6.07) is 8.57. The Kier molecular flexibility index (Phi) is 4.34. The molecular weight excluding hydrogens is 320 g/mol. The summed E-state index contributed by atoms with van der Waals surface area (Å²) in [5, 5.41) is 13.5. The van der Waals surface area contributed by atoms with Crippen molar-refractivity contribution in [3.8, 4) is 11.3 Å². The summed E-state index contributed by atoms with van der Waals surface area (Å²) in [4.78, 5) is 25.1. The molecule has 120 valence electrons. The number of rotatable bonds is 3. The summed E-state index contributed by atoms with van der Waals surface area (Å²) in [7, 11) is 0. The Balaban J connectivity index is 1.75. The van der Waals surface area contributed by atoms with Crippen molar-refractivity contribution < 1.29 is 19.2 Å². The number of hydrogen-bond acceptors (Lipinski definition) is 4. The number of halogens is 1. The monoisotopic (exact) mass is 334 g/mol. The summed E-state index contributed by atoms with van der Waals surface area (Å²) in [5.74, 6) is -1.23. The SMILES string of the molecule is O=C(O)[C@H]1CCCN(C(=O)c2cc(-c3ccc(Cl)cc3)on2)C1. The van der Waals surface area contributed by atoms with Gasteiger partial charge in [0.2, 0.25) is 0 Å². The lowest BCUT2D eigenvalue weighted by atomic mass is 9.98. The zero-order valence-corrected chi connectivity index (χ0v) is 13.0. The minimum Gasteiger partial charge on any atom is -0.481 e. The quantitative estimate of drug-likeness (QED) is 0.933. The third-order valence-corrected chi connectivity index (χ3v) is 4.17. The molecule has 7 heteroatoms. The largest absolute Gasteiger partial charge is 0.481 e. The molecule has 0 spiro atoms. The van der Waals surface area contributed by atoms with E-state index in [2.05, 4.69) is 5.16 Å². The van der Waals surface area contributed by atoms with Crippen molar-refractivity contribution in [2.75, 3.05) is 13.1 Å². The van der Waals surface area contributed by atoms with Crippen molar-refractivity contribution in [3.05, 3.63) is 41.0 Å². The van der Waals surface area contributed by atoms with E-state index in [1.54, 1.807) is 30.3 Å². The summed E-state index contributed by atoms with van der Waals surface area (Å²) in [5.41, 5.74) is 0.948. The lowest BCUT2D eigenvalue weighted by Gasteiger charge is -2.29. The predicted octanol–water partition coefficient (Wildman–Crippen LogP) is 2.93. The standard InChI is InChI=1S/C16H15ClN2O4/c17-12-5-3-10(4-6-12)14-8-13(18-23-14)15(20)19-7-1-2-11(9-19)16(21)22/h3-6,8,11H,1-2,7,9H2,(H,21,22)/t11-/m0/s1. The molecule has 1 fully saturated rings. The summed E-state index contributed by atoms with van der Waals surface area (Å²) in [6.07, 6.45) is 1.26. The van der Waals surface area contributed by atoms with Crippen molar-refractivity contribution in [2.45, 2.75) is 12.8 Å². The van der Waals surface area contributed by atoms with E-state index in [0.29, 0.717) is 30.2 Å². The Morgan fingerprint density at radius 1 is 1.30 bits per heavy atom. The van der Waals surface area contributed by atoms with Crippen LogP contribution >= 0.6 is 11.6 Å². The van der Waals surface area contributed by atoms with Crippen LogP contribution in [0.15, 0.2) is 34.9 Å². The molecule has 1 N–H and O–H groups in total. The van der Waals surface area contributed by atoms with Crippen LogP contribution in [0.5, 0.6) is 0 Å². The zero-order chi connectivity index (χ0) is 16.4. The number of carbonyl (C=O) groups is 2. The average molecular weight is 335 g/mol. The van der Waals surface area contributed by atoms with E-state index < -0.39 is 11.9 Å². The van der Waals surface area contributed by atoms with E-state index >= 15 is 0 Å². The molecule has 1 atom stereocenters. The highest BCUT2D eigenvalue weighted by Crippen LogP contribution is 2.24. The molecule has 0 aliphatic carbocycles. The molecule has 2 heterocycles. The first-order valence-corrected chi connectivity index (χ1v) is 7.67. The highest BCUT2D eigenvalue weighted by atomic mass is 35.5. The van der Waals surface area contributed by atoms with Crippen molar-refractivity contribution in [3.63, 3.8) is 0 Å². The van der Waals surface area contributed by atoms with Gasteiger partial charge >= 0.3 is 5.97 Å². The van der Waals surface area contributed by atoms with Gasteiger partial charge in [0.1, 0.15) is 0 Å². The van der Waals surface area contributed by atoms with Gasteiger partial charge in [0, 0.05) is 29.7 Å². The van der Waals surface area contributed by atoms with E-state index in [9.17, 15) is 9.59 Å². The van der Waals surface area contributed by atoms with Crippen LogP contribution in [0, 0.1) is 5.92 Å². The molecule has 3 rings (SSSR count). The molecule has 1 amide bonds. The Hall–Kier alpha value is -2.34. The van der Waals surface area contributed by atoms with Crippen LogP contribution in [0.1, 0.15) is 23.3 Å². The molecule has 0 saturated carbocycles. The lowest BCUT2D eigenvalue weighted by molar-refractivity contribution is -0.143. The summed E-state index contributed by atoms with van der Waals surface area (Å²) in [6.45, 7) is 0.739. The Labute approximate surface area is 137 Å². The van der Waals surface area contributed by atoms with Crippen molar-refractivity contribution >= 4 is 23.5 Å². The molecule has 1 aliphatic heterocycles. The number of benzene rings is 1. The molecule has 6 nitrogen and oxygen atoms in total. The fraction of sp³-hybridized carbons (Fsp3) is 0.312. The minimum atomic E-state index is -0.871. The molecule has 0 radical (unpaired) electrons. The molecule has 2 aromatic rings. The van der Waals surface area contributed by atoms with E-state index in [1.807, 2.05) is 0 Å². The third kappa shape index (κ3) is 3.37. The maximum atomic E-state index is 12.5. The smallest absolute Gasteiger partial charge is 0.308 e. The fourth-order valence-corrected chi connectivity index (χ4v) is 2.78. The van der Waals surface area contributed by atoms with Crippen molar-refractivity contribution in [1.82, 2.24) is 10.1 Å². The number of amides is 1. The van der Waals surface area contributed by atoms with Crippen molar-refractivity contribution in [2.24, 2.45) is 5.92 Å². The Morgan fingerprint density at radius 2 is 2.04 bits per heavy atom. The van der Waals surface area contributed by atoms with Gasteiger partial charge in [-0.3, -0.25) is 9.59 Å². The zero-order valence-electron chi connectivity index (χ0n) is 12.2. The van der Waals surface area contributed by atoms with Gasteiger partial charge in [-0.2, -0.15) is 0 Å². The lowest BCUT2D eigenvalue weighted by Crippen LogP contribution is -2.42. The van der Waals surface area contributed by atoms with Gasteiger partial charge in [0.25, 0.3) is 5.91 Å². The maximum absolute atomic E-state index is 12.5. The molecule has 0 unspecified atom stereocenters. The number of nitrogens with zero attached hydrogens (tertiary/aromatic N) is 2. The molecule has 23 heavy (non-hydrogen) atoms. The summed E-state index contributed by atoms with van der Waals surface area (Å²) >= 11 is 5.84. The van der Waals surface area contributed by atoms with Gasteiger partial charge < -0.3 is 14.5 Å². The second kappa shape index (κ2) is 6.42. The predicted molar refractivity (Wildman–Crippen MR) is 83.2 cm³/mol. The second-order valence-corrected chi connectivity index (χ2v) is 5.95.